The minimum absolute atomic E-state index is 0.103. The maximum absolute atomic E-state index is 6.00. The van der Waals surface area contributed by atoms with Gasteiger partial charge in [-0.1, -0.05) is 18.2 Å². The first-order valence-corrected chi connectivity index (χ1v) is 7.15. The quantitative estimate of drug-likeness (QED) is 0.933. The Balaban J connectivity index is 2.06. The molecule has 0 radical (unpaired) electrons. The topological polar surface area (TPSA) is 53.1 Å². The molecule has 2 N–H and O–H groups in total. The number of rotatable bonds is 3. The maximum Gasteiger partial charge on any atom is 0.131 e. The van der Waals surface area contributed by atoms with Gasteiger partial charge in [-0.25, -0.2) is 0 Å². The molecule has 0 saturated carbocycles. The van der Waals surface area contributed by atoms with Gasteiger partial charge in [0, 0.05) is 36.3 Å². The Kier molecular flexibility index (Phi) is 3.26. The van der Waals surface area contributed by atoms with Crippen molar-refractivity contribution < 1.29 is 4.74 Å². The van der Waals surface area contributed by atoms with Crippen LogP contribution in [0, 0.1) is 6.92 Å². The van der Waals surface area contributed by atoms with Crippen LogP contribution < -0.4 is 10.5 Å². The van der Waals surface area contributed by atoms with Gasteiger partial charge in [0.05, 0.1) is 5.69 Å². The molecular weight excluding hydrogens is 250 g/mol. The van der Waals surface area contributed by atoms with E-state index in [9.17, 15) is 0 Å². The predicted molar refractivity (Wildman–Crippen MR) is 80.0 cm³/mol. The molecule has 1 atom stereocenters. The summed E-state index contributed by atoms with van der Waals surface area (Å²) < 4.78 is 8.00. The summed E-state index contributed by atoms with van der Waals surface area (Å²) in [7, 11) is 0. The van der Waals surface area contributed by atoms with E-state index in [1.54, 1.807) is 0 Å². The van der Waals surface area contributed by atoms with E-state index in [1.165, 1.54) is 5.56 Å². The molecular formula is C16H21N3O. The lowest BCUT2D eigenvalue weighted by atomic mass is 10.0. The van der Waals surface area contributed by atoms with E-state index in [-0.39, 0.29) is 6.10 Å². The van der Waals surface area contributed by atoms with E-state index in [1.807, 2.05) is 11.6 Å². The van der Waals surface area contributed by atoms with Crippen LogP contribution >= 0.6 is 0 Å². The van der Waals surface area contributed by atoms with E-state index >= 15 is 0 Å². The molecule has 1 aromatic heterocycles. The molecule has 1 aliphatic heterocycles. The van der Waals surface area contributed by atoms with Crippen molar-refractivity contribution in [2.24, 2.45) is 5.73 Å². The highest BCUT2D eigenvalue weighted by molar-refractivity contribution is 5.74. The van der Waals surface area contributed by atoms with Crippen molar-refractivity contribution in [3.63, 3.8) is 0 Å². The number of nitrogens with zero attached hydrogens (tertiary/aromatic N) is 2. The molecule has 0 bridgehead atoms. The zero-order chi connectivity index (χ0) is 14.3. The third-order valence-corrected chi connectivity index (χ3v) is 3.83. The smallest absolute Gasteiger partial charge is 0.131 e. The molecule has 0 amide bonds. The van der Waals surface area contributed by atoms with Crippen LogP contribution in [0.3, 0.4) is 0 Å². The van der Waals surface area contributed by atoms with Crippen LogP contribution in [0.15, 0.2) is 24.4 Å². The van der Waals surface area contributed by atoms with Gasteiger partial charge in [0.2, 0.25) is 0 Å². The van der Waals surface area contributed by atoms with Crippen LogP contribution in [0.5, 0.6) is 5.75 Å². The van der Waals surface area contributed by atoms with Gasteiger partial charge in [-0.05, 0) is 26.3 Å². The van der Waals surface area contributed by atoms with Crippen molar-refractivity contribution in [1.29, 1.82) is 0 Å². The van der Waals surface area contributed by atoms with Crippen molar-refractivity contribution in [2.45, 2.75) is 39.3 Å². The molecule has 1 aromatic carbocycles. The van der Waals surface area contributed by atoms with Gasteiger partial charge in [-0.3, -0.25) is 4.68 Å². The van der Waals surface area contributed by atoms with Crippen LogP contribution in [0.1, 0.15) is 31.1 Å². The second-order valence-corrected chi connectivity index (χ2v) is 5.68. The van der Waals surface area contributed by atoms with Gasteiger partial charge in [0.15, 0.2) is 0 Å². The lowest BCUT2D eigenvalue weighted by Crippen LogP contribution is -2.24. The number of hydrogen-bond acceptors (Lipinski definition) is 3. The van der Waals surface area contributed by atoms with Gasteiger partial charge in [-0.2, -0.15) is 5.10 Å². The second-order valence-electron chi connectivity index (χ2n) is 5.68. The zero-order valence-corrected chi connectivity index (χ0v) is 12.3. The van der Waals surface area contributed by atoms with E-state index in [4.69, 9.17) is 10.5 Å². The highest BCUT2D eigenvalue weighted by Crippen LogP contribution is 2.39. The number of aromatic nitrogens is 2. The normalized spacial score (nSPS) is 17.4. The minimum atomic E-state index is 0.103. The summed E-state index contributed by atoms with van der Waals surface area (Å²) in [5.74, 6) is 0.981. The zero-order valence-electron chi connectivity index (χ0n) is 12.3. The molecule has 2 aromatic rings. The molecule has 106 valence electrons. The fraction of sp³-hybridized carbons (Fsp3) is 0.438. The summed E-state index contributed by atoms with van der Waals surface area (Å²) in [6, 6.07) is 6.67. The number of fused-ring (bicyclic) bond motifs is 1. The Morgan fingerprint density at radius 3 is 2.85 bits per heavy atom. The van der Waals surface area contributed by atoms with Crippen LogP contribution in [0.4, 0.5) is 0 Å². The summed E-state index contributed by atoms with van der Waals surface area (Å²) in [6.45, 7) is 6.86. The first kappa shape index (κ1) is 13.2. The minimum Gasteiger partial charge on any atom is -0.488 e. The van der Waals surface area contributed by atoms with E-state index in [0.29, 0.717) is 12.6 Å². The summed E-state index contributed by atoms with van der Waals surface area (Å²) in [4.78, 5) is 0. The fourth-order valence-electron chi connectivity index (χ4n) is 2.69. The number of para-hydroxylation sites is 1. The molecule has 0 saturated heterocycles. The fourth-order valence-corrected chi connectivity index (χ4v) is 2.69. The SMILES string of the molecule is Cc1nn(C(C)C)cc1-c1cccc2c1OC(CN)C2. The summed E-state index contributed by atoms with van der Waals surface area (Å²) >= 11 is 0. The average Bonchev–Trinajstić information content (AvgIpc) is 3.01. The monoisotopic (exact) mass is 271 g/mol. The number of aryl methyl sites for hydroxylation is 1. The third kappa shape index (κ3) is 2.10. The third-order valence-electron chi connectivity index (χ3n) is 3.83. The molecule has 20 heavy (non-hydrogen) atoms. The molecule has 1 unspecified atom stereocenters. The van der Waals surface area contributed by atoms with E-state index in [2.05, 4.69) is 43.3 Å². The molecule has 3 rings (SSSR count). The molecule has 0 aliphatic carbocycles. The van der Waals surface area contributed by atoms with Crippen LogP contribution in [0.2, 0.25) is 0 Å². The Bertz CT molecular complexity index is 631. The largest absolute Gasteiger partial charge is 0.488 e. The Hall–Kier alpha value is -1.81. The first-order valence-electron chi connectivity index (χ1n) is 7.15. The number of nitrogens with two attached hydrogens (primary N) is 1. The van der Waals surface area contributed by atoms with Crippen LogP contribution in [-0.2, 0) is 6.42 Å². The maximum atomic E-state index is 6.00. The molecule has 0 fully saturated rings. The van der Waals surface area contributed by atoms with Crippen molar-refractivity contribution in [1.82, 2.24) is 9.78 Å². The molecule has 2 heterocycles. The van der Waals surface area contributed by atoms with Gasteiger partial charge in [-0.15, -0.1) is 0 Å². The predicted octanol–water partition coefficient (Wildman–Crippen LogP) is 2.70. The molecule has 1 aliphatic rings. The van der Waals surface area contributed by atoms with E-state index < -0.39 is 0 Å². The number of hydrogen-bond donors (Lipinski definition) is 1. The molecule has 4 nitrogen and oxygen atoms in total. The second kappa shape index (κ2) is 4.94. The lowest BCUT2D eigenvalue weighted by molar-refractivity contribution is 0.242. The van der Waals surface area contributed by atoms with E-state index in [0.717, 1.165) is 29.0 Å². The van der Waals surface area contributed by atoms with Gasteiger partial charge in [0.25, 0.3) is 0 Å². The highest BCUT2D eigenvalue weighted by atomic mass is 16.5. The van der Waals surface area contributed by atoms with Gasteiger partial charge in [0.1, 0.15) is 11.9 Å². The summed E-state index contributed by atoms with van der Waals surface area (Å²) in [6.07, 6.45) is 3.11. The van der Waals surface area contributed by atoms with Crippen molar-refractivity contribution in [3.8, 4) is 16.9 Å². The molecule has 4 heteroatoms. The van der Waals surface area contributed by atoms with Crippen molar-refractivity contribution in [2.75, 3.05) is 6.54 Å². The standard InChI is InChI=1S/C16H21N3O/c1-10(2)19-9-15(11(3)18-19)14-6-4-5-12-7-13(8-17)20-16(12)14/h4-6,9-10,13H,7-8,17H2,1-3H3. The summed E-state index contributed by atoms with van der Waals surface area (Å²) in [5, 5.41) is 4.59. The van der Waals surface area contributed by atoms with Crippen LogP contribution in [0.25, 0.3) is 11.1 Å². The Morgan fingerprint density at radius 1 is 1.40 bits per heavy atom. The number of benzene rings is 1. The lowest BCUT2D eigenvalue weighted by Gasteiger charge is -2.10. The van der Waals surface area contributed by atoms with Crippen molar-refractivity contribution in [3.05, 3.63) is 35.7 Å². The summed E-state index contributed by atoms with van der Waals surface area (Å²) in [5.41, 5.74) is 10.3. The average molecular weight is 271 g/mol. The first-order chi connectivity index (χ1) is 9.60. The van der Waals surface area contributed by atoms with Crippen molar-refractivity contribution >= 4 is 0 Å². The molecule has 0 spiro atoms. The number of ether oxygens (including phenoxy) is 1. The Labute approximate surface area is 119 Å². The Morgan fingerprint density at radius 2 is 2.20 bits per heavy atom. The van der Waals surface area contributed by atoms with Gasteiger partial charge < -0.3 is 10.5 Å². The van der Waals surface area contributed by atoms with Gasteiger partial charge >= 0.3 is 0 Å². The van der Waals surface area contributed by atoms with Crippen LogP contribution in [-0.4, -0.2) is 22.4 Å². The highest BCUT2D eigenvalue weighted by Gasteiger charge is 2.25.